The molecule has 1 amide bonds. The van der Waals surface area contributed by atoms with Gasteiger partial charge >= 0.3 is 5.97 Å². The molecule has 0 bridgehead atoms. The van der Waals surface area contributed by atoms with Gasteiger partial charge in [-0.3, -0.25) is 9.59 Å². The van der Waals surface area contributed by atoms with Crippen LogP contribution in [0.1, 0.15) is 30.4 Å². The first-order chi connectivity index (χ1) is 16.8. The van der Waals surface area contributed by atoms with Crippen LogP contribution in [-0.4, -0.2) is 38.2 Å². The van der Waals surface area contributed by atoms with Crippen molar-refractivity contribution in [3.8, 4) is 5.75 Å². The molecule has 0 saturated carbocycles. The molecule has 35 heavy (non-hydrogen) atoms. The molecule has 9 heteroatoms. The molecule has 0 saturated heterocycles. The minimum atomic E-state index is -3.72. The van der Waals surface area contributed by atoms with E-state index >= 15 is 0 Å². The monoisotopic (exact) mass is 496 g/mol. The largest absolute Gasteiger partial charge is 0.489 e. The number of carboxylic acid groups (broad SMARTS) is 1. The quantitative estimate of drug-likeness (QED) is 0.273. The Morgan fingerprint density at radius 1 is 1.03 bits per heavy atom. The third-order valence-electron chi connectivity index (χ3n) is 5.35. The average molecular weight is 497 g/mol. The molecule has 0 radical (unpaired) electrons. The van der Waals surface area contributed by atoms with Crippen molar-refractivity contribution in [1.82, 2.24) is 5.43 Å². The van der Waals surface area contributed by atoms with E-state index in [1.165, 1.54) is 17.1 Å². The van der Waals surface area contributed by atoms with Gasteiger partial charge in [0.05, 0.1) is 22.8 Å². The molecule has 0 fully saturated rings. The fourth-order valence-electron chi connectivity index (χ4n) is 3.59. The van der Waals surface area contributed by atoms with E-state index in [0.717, 1.165) is 5.56 Å². The van der Waals surface area contributed by atoms with Crippen LogP contribution in [0.4, 0.5) is 5.69 Å². The lowest BCUT2D eigenvalue weighted by Crippen LogP contribution is -2.36. The summed E-state index contributed by atoms with van der Waals surface area (Å²) in [5, 5.41) is 10.6. The molecule has 2 N–H and O–H groups in total. The van der Waals surface area contributed by atoms with Crippen molar-refractivity contribution in [1.29, 1.82) is 0 Å². The summed E-state index contributed by atoms with van der Waals surface area (Å²) < 4.78 is 31.7. The minimum absolute atomic E-state index is 0.109. The molecular weight excluding hydrogens is 468 g/mol. The summed E-state index contributed by atoms with van der Waals surface area (Å²) in [5.41, 5.74) is 5.19. The zero-order chi connectivity index (χ0) is 25.3. The zero-order valence-corrected chi connectivity index (χ0v) is 20.1. The standard InChI is InChI=1S/C26H28N2O6S/c1-2-27-28(19-29)23-10-8-20(9-11-23)17-34-24-12-14-25(15-13-24)35(32,33)18-22(16-26(30)31)21-6-4-3-5-7-21/h3-15,19,22,27H,2,16-18H2,1H3,(H,30,31). The maximum absolute atomic E-state index is 13.0. The molecule has 1 atom stereocenters. The predicted octanol–water partition coefficient (Wildman–Crippen LogP) is 3.79. The van der Waals surface area contributed by atoms with Crippen molar-refractivity contribution < 1.29 is 27.9 Å². The highest BCUT2D eigenvalue weighted by Gasteiger charge is 2.25. The first-order valence-electron chi connectivity index (χ1n) is 11.1. The number of benzene rings is 3. The van der Waals surface area contributed by atoms with Crippen molar-refractivity contribution in [2.45, 2.75) is 30.8 Å². The van der Waals surface area contributed by atoms with E-state index in [4.69, 9.17) is 4.74 Å². The molecule has 3 aromatic rings. The number of amides is 1. The van der Waals surface area contributed by atoms with Gasteiger partial charge in [0, 0.05) is 12.5 Å². The Balaban J connectivity index is 1.64. The number of ether oxygens (including phenoxy) is 1. The lowest BCUT2D eigenvalue weighted by Gasteiger charge is -2.17. The summed E-state index contributed by atoms with van der Waals surface area (Å²) in [6, 6.07) is 22.2. The number of carbonyl (C=O) groups is 2. The number of sulfone groups is 1. The number of aliphatic carboxylic acids is 1. The number of rotatable bonds is 13. The zero-order valence-electron chi connectivity index (χ0n) is 19.3. The van der Waals surface area contributed by atoms with Crippen LogP contribution in [0.3, 0.4) is 0 Å². The van der Waals surface area contributed by atoms with Crippen molar-refractivity contribution >= 4 is 27.9 Å². The van der Waals surface area contributed by atoms with Crippen molar-refractivity contribution in [3.63, 3.8) is 0 Å². The lowest BCUT2D eigenvalue weighted by molar-refractivity contribution is -0.137. The van der Waals surface area contributed by atoms with Crippen LogP contribution in [0.25, 0.3) is 0 Å². The van der Waals surface area contributed by atoms with Gasteiger partial charge in [-0.2, -0.15) is 0 Å². The maximum atomic E-state index is 13.0. The molecule has 1 unspecified atom stereocenters. The first kappa shape index (κ1) is 25.9. The van der Waals surface area contributed by atoms with Crippen LogP contribution in [0.2, 0.25) is 0 Å². The van der Waals surface area contributed by atoms with Gasteiger partial charge in [0.2, 0.25) is 6.41 Å². The second-order valence-corrected chi connectivity index (χ2v) is 9.93. The molecule has 0 aliphatic heterocycles. The Kier molecular flexibility index (Phi) is 8.99. The van der Waals surface area contributed by atoms with E-state index in [-0.39, 0.29) is 23.7 Å². The van der Waals surface area contributed by atoms with Crippen LogP contribution >= 0.6 is 0 Å². The number of hydrogen-bond donors (Lipinski definition) is 2. The predicted molar refractivity (Wildman–Crippen MR) is 133 cm³/mol. The van der Waals surface area contributed by atoms with Crippen LogP contribution < -0.4 is 15.2 Å². The molecular formula is C26H28N2O6S. The van der Waals surface area contributed by atoms with Crippen LogP contribution in [-0.2, 0) is 26.0 Å². The molecule has 3 aromatic carbocycles. The third kappa shape index (κ3) is 7.40. The van der Waals surface area contributed by atoms with E-state index in [1.807, 2.05) is 19.1 Å². The maximum Gasteiger partial charge on any atom is 0.303 e. The number of carbonyl (C=O) groups excluding carboxylic acids is 1. The number of nitrogens with zero attached hydrogens (tertiary/aromatic N) is 1. The number of nitrogens with one attached hydrogen (secondary N) is 1. The van der Waals surface area contributed by atoms with Crippen LogP contribution in [0.15, 0.2) is 83.8 Å². The van der Waals surface area contributed by atoms with E-state index in [1.54, 1.807) is 54.6 Å². The number of carboxylic acids is 1. The fraction of sp³-hybridized carbons (Fsp3) is 0.231. The van der Waals surface area contributed by atoms with Crippen molar-refractivity contribution in [2.75, 3.05) is 17.3 Å². The number of hydrogen-bond acceptors (Lipinski definition) is 6. The van der Waals surface area contributed by atoms with E-state index in [2.05, 4.69) is 5.43 Å². The molecule has 0 aliphatic carbocycles. The van der Waals surface area contributed by atoms with E-state index in [9.17, 15) is 23.1 Å². The van der Waals surface area contributed by atoms with Crippen LogP contribution in [0, 0.1) is 0 Å². The van der Waals surface area contributed by atoms with Gasteiger partial charge in [0.15, 0.2) is 9.84 Å². The topological polar surface area (TPSA) is 113 Å². The smallest absolute Gasteiger partial charge is 0.303 e. The van der Waals surface area contributed by atoms with Gasteiger partial charge in [-0.15, -0.1) is 0 Å². The summed E-state index contributed by atoms with van der Waals surface area (Å²) >= 11 is 0. The van der Waals surface area contributed by atoms with Crippen LogP contribution in [0.5, 0.6) is 5.75 Å². The normalized spacial score (nSPS) is 12.0. The Hall–Kier alpha value is -3.69. The molecule has 0 spiro atoms. The molecule has 3 rings (SSSR count). The van der Waals surface area contributed by atoms with Crippen molar-refractivity contribution in [3.05, 3.63) is 90.0 Å². The molecule has 0 aromatic heterocycles. The SMILES string of the molecule is CCNN(C=O)c1ccc(COc2ccc(S(=O)(=O)CC(CC(=O)O)c3ccccc3)cc2)cc1. The summed E-state index contributed by atoms with van der Waals surface area (Å²) in [5.74, 6) is -1.51. The lowest BCUT2D eigenvalue weighted by atomic mass is 9.98. The fourth-order valence-corrected chi connectivity index (χ4v) is 5.18. The van der Waals surface area contributed by atoms with E-state index < -0.39 is 21.7 Å². The summed E-state index contributed by atoms with van der Waals surface area (Å²) in [4.78, 5) is 22.5. The third-order valence-corrected chi connectivity index (χ3v) is 7.18. The molecule has 8 nitrogen and oxygen atoms in total. The van der Waals surface area contributed by atoms with Gasteiger partial charge in [0.1, 0.15) is 12.4 Å². The summed E-state index contributed by atoms with van der Waals surface area (Å²) in [7, 11) is -3.72. The average Bonchev–Trinajstić information content (AvgIpc) is 2.86. The second kappa shape index (κ2) is 12.1. The second-order valence-electron chi connectivity index (χ2n) is 7.90. The van der Waals surface area contributed by atoms with Gasteiger partial charge in [-0.25, -0.2) is 18.9 Å². The van der Waals surface area contributed by atoms with E-state index in [0.29, 0.717) is 30.0 Å². The Morgan fingerprint density at radius 2 is 1.69 bits per heavy atom. The molecule has 0 aliphatic rings. The Bertz CT molecular complexity index is 1210. The Morgan fingerprint density at radius 3 is 2.26 bits per heavy atom. The van der Waals surface area contributed by atoms with Crippen molar-refractivity contribution in [2.24, 2.45) is 0 Å². The highest BCUT2D eigenvalue weighted by atomic mass is 32.2. The highest BCUT2D eigenvalue weighted by Crippen LogP contribution is 2.26. The first-order valence-corrected chi connectivity index (χ1v) is 12.8. The van der Waals surface area contributed by atoms with Gasteiger partial charge in [0.25, 0.3) is 0 Å². The minimum Gasteiger partial charge on any atom is -0.489 e. The Labute approximate surface area is 205 Å². The summed E-state index contributed by atoms with van der Waals surface area (Å²) in [6.45, 7) is 2.78. The summed E-state index contributed by atoms with van der Waals surface area (Å²) in [6.07, 6.45) is 0.427. The van der Waals surface area contributed by atoms with Gasteiger partial charge in [-0.05, 0) is 47.5 Å². The molecule has 184 valence electrons. The number of anilines is 1. The van der Waals surface area contributed by atoms with Gasteiger partial charge in [-0.1, -0.05) is 49.4 Å². The van der Waals surface area contributed by atoms with Gasteiger partial charge < -0.3 is 9.84 Å². The number of hydrazine groups is 1. The highest BCUT2D eigenvalue weighted by molar-refractivity contribution is 7.91. The molecule has 0 heterocycles.